The fraction of sp³-hybridized carbons (Fsp3) is 0.875. The van der Waals surface area contributed by atoms with Crippen molar-refractivity contribution in [1.29, 1.82) is 0 Å². The molecule has 1 rings (SSSR count). The van der Waals surface area contributed by atoms with Crippen LogP contribution in [0.15, 0.2) is 0 Å². The van der Waals surface area contributed by atoms with Crippen LogP contribution in [0.1, 0.15) is 33.6 Å². The highest BCUT2D eigenvalue weighted by Gasteiger charge is 2.16. The van der Waals surface area contributed by atoms with Gasteiger partial charge in [-0.05, 0) is 19.8 Å². The summed E-state index contributed by atoms with van der Waals surface area (Å²) in [4.78, 5) is 12.0. The summed E-state index contributed by atoms with van der Waals surface area (Å²) in [6, 6.07) is 0.493. The summed E-state index contributed by atoms with van der Waals surface area (Å²) in [5.74, 6) is 0. The average molecular weight is 143 g/mol. The minimum Gasteiger partial charge on any atom is -0.343 e. The minimum absolute atomic E-state index is 0.493. The first-order valence-electron chi connectivity index (χ1n) is 4.05. The van der Waals surface area contributed by atoms with E-state index in [-0.39, 0.29) is 0 Å². The fourth-order valence-corrected chi connectivity index (χ4v) is 1.11. The van der Waals surface area contributed by atoms with E-state index in [4.69, 9.17) is 0 Å². The van der Waals surface area contributed by atoms with Crippen LogP contribution in [-0.4, -0.2) is 23.9 Å². The molecule has 0 radical (unpaired) electrons. The smallest absolute Gasteiger partial charge is 0.209 e. The van der Waals surface area contributed by atoms with E-state index in [0.29, 0.717) is 6.04 Å². The summed E-state index contributed by atoms with van der Waals surface area (Å²) in [6.07, 6.45) is 3.30. The first-order chi connectivity index (χ1) is 4.84. The van der Waals surface area contributed by atoms with Gasteiger partial charge < -0.3 is 4.90 Å². The molecule has 60 valence electrons. The third-order valence-electron chi connectivity index (χ3n) is 1.74. The average Bonchev–Trinajstić information content (AvgIpc) is 2.39. The molecule has 1 aliphatic heterocycles. The summed E-state index contributed by atoms with van der Waals surface area (Å²) in [7, 11) is 0. The van der Waals surface area contributed by atoms with E-state index >= 15 is 0 Å². The molecule has 1 heterocycles. The van der Waals surface area contributed by atoms with Crippen LogP contribution in [0.3, 0.4) is 0 Å². The van der Waals surface area contributed by atoms with Crippen molar-refractivity contribution >= 4 is 6.41 Å². The van der Waals surface area contributed by atoms with Crippen molar-refractivity contribution in [3.63, 3.8) is 0 Å². The summed E-state index contributed by atoms with van der Waals surface area (Å²) < 4.78 is 0. The molecule has 10 heavy (non-hydrogen) atoms. The van der Waals surface area contributed by atoms with E-state index in [2.05, 4.69) is 6.92 Å². The van der Waals surface area contributed by atoms with Gasteiger partial charge in [0.1, 0.15) is 0 Å². The Morgan fingerprint density at radius 1 is 1.50 bits per heavy atom. The number of hydrogen-bond acceptors (Lipinski definition) is 1. The Bertz CT molecular complexity index is 93.3. The lowest BCUT2D eigenvalue weighted by molar-refractivity contribution is -0.118. The van der Waals surface area contributed by atoms with Crippen molar-refractivity contribution < 1.29 is 4.79 Å². The molecule has 0 aliphatic carbocycles. The molecule has 1 fully saturated rings. The van der Waals surface area contributed by atoms with Gasteiger partial charge in [-0.15, -0.1) is 0 Å². The molecule has 0 spiro atoms. The lowest BCUT2D eigenvalue weighted by Crippen LogP contribution is -2.24. The van der Waals surface area contributed by atoms with Crippen LogP contribution < -0.4 is 0 Å². The highest BCUT2D eigenvalue weighted by atomic mass is 16.1. The Morgan fingerprint density at radius 2 is 2.10 bits per heavy atom. The Morgan fingerprint density at radius 3 is 2.30 bits per heavy atom. The number of hydrogen-bond donors (Lipinski definition) is 0. The van der Waals surface area contributed by atoms with Crippen molar-refractivity contribution in [3.05, 3.63) is 0 Å². The third kappa shape index (κ3) is 2.38. The first-order valence-corrected chi connectivity index (χ1v) is 4.05. The van der Waals surface area contributed by atoms with Gasteiger partial charge in [-0.25, -0.2) is 0 Å². The zero-order valence-electron chi connectivity index (χ0n) is 7.13. The Balaban J connectivity index is 0.000000371. The quantitative estimate of drug-likeness (QED) is 0.511. The molecule has 1 unspecified atom stereocenters. The predicted molar refractivity (Wildman–Crippen MR) is 42.8 cm³/mol. The Hall–Kier alpha value is -0.530. The molecule has 1 saturated heterocycles. The fourth-order valence-electron chi connectivity index (χ4n) is 1.11. The molecular weight excluding hydrogens is 126 g/mol. The molecule has 0 bridgehead atoms. The summed E-state index contributed by atoms with van der Waals surface area (Å²) in [5.41, 5.74) is 0. The molecule has 0 aromatic rings. The lowest BCUT2D eigenvalue weighted by atomic mass is 10.2. The number of nitrogens with zero attached hydrogens (tertiary/aromatic N) is 1. The van der Waals surface area contributed by atoms with Gasteiger partial charge in [0.25, 0.3) is 0 Å². The second kappa shape index (κ2) is 5.27. The summed E-state index contributed by atoms with van der Waals surface area (Å²) >= 11 is 0. The molecule has 2 heteroatoms. The number of likely N-dealkylation sites (tertiary alicyclic amines) is 1. The maximum Gasteiger partial charge on any atom is 0.209 e. The van der Waals surface area contributed by atoms with E-state index in [1.165, 1.54) is 12.8 Å². The number of carbonyl (C=O) groups excluding carboxylic acids is 1. The highest BCUT2D eigenvalue weighted by Crippen LogP contribution is 2.12. The maximum absolute atomic E-state index is 10.1. The number of carbonyl (C=O) groups is 1. The molecule has 0 aromatic heterocycles. The molecule has 0 saturated carbocycles. The van der Waals surface area contributed by atoms with Crippen molar-refractivity contribution in [2.24, 2.45) is 0 Å². The second-order valence-corrected chi connectivity index (χ2v) is 2.33. The molecule has 1 atom stereocenters. The molecule has 1 amide bonds. The zero-order valence-corrected chi connectivity index (χ0v) is 7.13. The van der Waals surface area contributed by atoms with Crippen LogP contribution in [0.5, 0.6) is 0 Å². The first kappa shape index (κ1) is 9.47. The summed E-state index contributed by atoms with van der Waals surface area (Å²) in [5, 5.41) is 0. The van der Waals surface area contributed by atoms with E-state index in [9.17, 15) is 4.79 Å². The van der Waals surface area contributed by atoms with Gasteiger partial charge in [0.05, 0.1) is 0 Å². The van der Waals surface area contributed by atoms with Crippen LogP contribution in [0.25, 0.3) is 0 Å². The topological polar surface area (TPSA) is 20.3 Å². The zero-order chi connectivity index (χ0) is 7.98. The van der Waals surface area contributed by atoms with Gasteiger partial charge in [0.15, 0.2) is 0 Å². The van der Waals surface area contributed by atoms with Gasteiger partial charge in [0.2, 0.25) is 6.41 Å². The van der Waals surface area contributed by atoms with Crippen molar-refractivity contribution in [1.82, 2.24) is 4.90 Å². The maximum atomic E-state index is 10.1. The van der Waals surface area contributed by atoms with E-state index < -0.39 is 0 Å². The Kier molecular flexibility index (Phi) is 4.99. The third-order valence-corrected chi connectivity index (χ3v) is 1.74. The lowest BCUT2D eigenvalue weighted by Gasteiger charge is -2.13. The molecular formula is C8H17NO. The molecule has 0 aromatic carbocycles. The number of amides is 1. The van der Waals surface area contributed by atoms with Crippen LogP contribution in [0.2, 0.25) is 0 Å². The van der Waals surface area contributed by atoms with Crippen molar-refractivity contribution in [2.75, 3.05) is 6.54 Å². The van der Waals surface area contributed by atoms with Crippen LogP contribution in [0.4, 0.5) is 0 Å². The van der Waals surface area contributed by atoms with Gasteiger partial charge in [0, 0.05) is 12.6 Å². The van der Waals surface area contributed by atoms with E-state index in [1.54, 1.807) is 0 Å². The van der Waals surface area contributed by atoms with Crippen molar-refractivity contribution in [2.45, 2.75) is 39.7 Å². The second-order valence-electron chi connectivity index (χ2n) is 2.33. The van der Waals surface area contributed by atoms with Crippen LogP contribution >= 0.6 is 0 Å². The molecule has 0 N–H and O–H groups in total. The largest absolute Gasteiger partial charge is 0.343 e. The highest BCUT2D eigenvalue weighted by molar-refractivity contribution is 5.48. The van der Waals surface area contributed by atoms with E-state index in [1.807, 2.05) is 18.7 Å². The van der Waals surface area contributed by atoms with Gasteiger partial charge in [-0.3, -0.25) is 4.79 Å². The van der Waals surface area contributed by atoms with Gasteiger partial charge >= 0.3 is 0 Å². The van der Waals surface area contributed by atoms with Crippen molar-refractivity contribution in [3.8, 4) is 0 Å². The van der Waals surface area contributed by atoms with Gasteiger partial charge in [-0.1, -0.05) is 13.8 Å². The monoisotopic (exact) mass is 143 g/mol. The normalized spacial score (nSPS) is 23.5. The summed E-state index contributed by atoms with van der Waals surface area (Å²) in [6.45, 7) is 7.05. The SMILES string of the molecule is CC.CC1CCCN1C=O. The van der Waals surface area contributed by atoms with Crippen LogP contribution in [0, 0.1) is 0 Å². The Labute approximate surface area is 63.2 Å². The molecule has 2 nitrogen and oxygen atoms in total. The van der Waals surface area contributed by atoms with E-state index in [0.717, 1.165) is 13.0 Å². The predicted octanol–water partition coefficient (Wildman–Crippen LogP) is 1.65. The molecule has 1 aliphatic rings. The standard InChI is InChI=1S/C6H11NO.C2H6/c1-6-3-2-4-7(6)5-8;1-2/h5-6H,2-4H2,1H3;1-2H3. The number of rotatable bonds is 1. The van der Waals surface area contributed by atoms with Gasteiger partial charge in [-0.2, -0.15) is 0 Å². The minimum atomic E-state index is 0.493. The van der Waals surface area contributed by atoms with Crippen LogP contribution in [-0.2, 0) is 4.79 Å².